The first-order valence-corrected chi connectivity index (χ1v) is 9.96. The highest BCUT2D eigenvalue weighted by molar-refractivity contribution is 7.17. The second-order valence-electron chi connectivity index (χ2n) is 6.73. The Balaban J connectivity index is 1.39. The van der Waals surface area contributed by atoms with Crippen molar-refractivity contribution in [3.8, 4) is 10.6 Å². The molecule has 4 rings (SSSR count). The van der Waals surface area contributed by atoms with Crippen LogP contribution in [0.15, 0.2) is 47.1 Å². The fourth-order valence-electron chi connectivity index (χ4n) is 3.31. The lowest BCUT2D eigenvalue weighted by molar-refractivity contribution is 0.0766. The number of pyridine rings is 1. The molecule has 1 fully saturated rings. The predicted molar refractivity (Wildman–Crippen MR) is 105 cm³/mol. The van der Waals surface area contributed by atoms with Gasteiger partial charge >= 0.3 is 0 Å². The first-order valence-electron chi connectivity index (χ1n) is 9.14. The molecule has 0 N–H and O–H groups in total. The molecule has 4 heterocycles. The molecular weight excluding hydrogens is 360 g/mol. The van der Waals surface area contributed by atoms with Crippen molar-refractivity contribution >= 4 is 17.2 Å². The van der Waals surface area contributed by atoms with Gasteiger partial charge in [0.2, 0.25) is 0 Å². The van der Waals surface area contributed by atoms with Crippen LogP contribution in [-0.4, -0.2) is 52.0 Å². The van der Waals surface area contributed by atoms with Gasteiger partial charge in [0.15, 0.2) is 0 Å². The maximum Gasteiger partial charge on any atom is 0.263 e. The number of carbonyl (C=O) groups excluding carboxylic acids is 1. The van der Waals surface area contributed by atoms with Gasteiger partial charge in [0.05, 0.1) is 21.1 Å². The van der Waals surface area contributed by atoms with Gasteiger partial charge in [-0.3, -0.25) is 14.7 Å². The molecule has 6 nitrogen and oxygen atoms in total. The smallest absolute Gasteiger partial charge is 0.263 e. The number of nitrogens with zero attached hydrogens (tertiary/aromatic N) is 4. The third kappa shape index (κ3) is 4.26. The van der Waals surface area contributed by atoms with Crippen molar-refractivity contribution in [3.05, 3.63) is 58.9 Å². The van der Waals surface area contributed by atoms with Gasteiger partial charge in [0.25, 0.3) is 5.91 Å². The Morgan fingerprint density at radius 1 is 1.19 bits per heavy atom. The van der Waals surface area contributed by atoms with Crippen molar-refractivity contribution in [1.82, 2.24) is 19.9 Å². The van der Waals surface area contributed by atoms with Crippen LogP contribution in [0.25, 0.3) is 10.6 Å². The minimum Gasteiger partial charge on any atom is -0.361 e. The number of thiophene rings is 1. The molecular formula is C20H22N4O2S. The van der Waals surface area contributed by atoms with Gasteiger partial charge in [-0.2, -0.15) is 0 Å². The van der Waals surface area contributed by atoms with Gasteiger partial charge in [0, 0.05) is 45.0 Å². The summed E-state index contributed by atoms with van der Waals surface area (Å²) >= 11 is 1.51. The Labute approximate surface area is 162 Å². The Morgan fingerprint density at radius 2 is 2.11 bits per heavy atom. The number of aromatic nitrogens is 2. The quantitative estimate of drug-likeness (QED) is 0.692. The molecule has 1 amide bonds. The van der Waals surface area contributed by atoms with Gasteiger partial charge in [0.1, 0.15) is 5.76 Å². The van der Waals surface area contributed by atoms with Crippen LogP contribution in [0.1, 0.15) is 27.5 Å². The molecule has 0 aliphatic carbocycles. The van der Waals surface area contributed by atoms with Crippen LogP contribution < -0.4 is 0 Å². The molecule has 0 aromatic carbocycles. The van der Waals surface area contributed by atoms with Crippen LogP contribution in [-0.2, 0) is 6.54 Å². The van der Waals surface area contributed by atoms with Gasteiger partial charge < -0.3 is 9.42 Å². The summed E-state index contributed by atoms with van der Waals surface area (Å²) in [5.74, 6) is 0.944. The summed E-state index contributed by atoms with van der Waals surface area (Å²) < 4.78 is 5.15. The number of hydrogen-bond donors (Lipinski definition) is 0. The third-order valence-corrected chi connectivity index (χ3v) is 5.77. The molecule has 7 heteroatoms. The molecule has 0 saturated carbocycles. The van der Waals surface area contributed by atoms with E-state index in [0.29, 0.717) is 0 Å². The molecule has 1 aliphatic rings. The van der Waals surface area contributed by atoms with Crippen LogP contribution in [0.3, 0.4) is 0 Å². The zero-order valence-electron chi connectivity index (χ0n) is 15.3. The van der Waals surface area contributed by atoms with E-state index in [0.717, 1.165) is 66.0 Å². The molecule has 0 radical (unpaired) electrons. The van der Waals surface area contributed by atoms with Crippen molar-refractivity contribution in [1.29, 1.82) is 0 Å². The van der Waals surface area contributed by atoms with Crippen molar-refractivity contribution in [2.45, 2.75) is 19.9 Å². The topological polar surface area (TPSA) is 62.5 Å². The summed E-state index contributed by atoms with van der Waals surface area (Å²) in [7, 11) is 0. The van der Waals surface area contributed by atoms with E-state index in [-0.39, 0.29) is 5.91 Å². The van der Waals surface area contributed by atoms with Gasteiger partial charge in [-0.25, -0.2) is 0 Å². The average Bonchev–Trinajstić information content (AvgIpc) is 3.27. The van der Waals surface area contributed by atoms with Crippen LogP contribution >= 0.6 is 11.3 Å². The molecule has 3 aromatic heterocycles. The van der Waals surface area contributed by atoms with Crippen molar-refractivity contribution in [2.75, 3.05) is 26.2 Å². The second kappa shape index (κ2) is 8.02. The van der Waals surface area contributed by atoms with E-state index < -0.39 is 0 Å². The zero-order chi connectivity index (χ0) is 18.6. The number of carbonyl (C=O) groups is 1. The Hall–Kier alpha value is -2.51. The highest BCUT2D eigenvalue weighted by atomic mass is 32.1. The summed E-state index contributed by atoms with van der Waals surface area (Å²) in [6.07, 6.45) is 2.73. The summed E-state index contributed by atoms with van der Waals surface area (Å²) in [6.45, 7) is 5.98. The van der Waals surface area contributed by atoms with Crippen LogP contribution in [0.2, 0.25) is 0 Å². The summed E-state index contributed by atoms with van der Waals surface area (Å²) in [5, 5.41) is 4.07. The van der Waals surface area contributed by atoms with E-state index >= 15 is 0 Å². The first-order chi connectivity index (χ1) is 13.2. The van der Waals surface area contributed by atoms with Crippen molar-refractivity contribution in [2.24, 2.45) is 0 Å². The van der Waals surface area contributed by atoms with E-state index in [2.05, 4.69) is 15.0 Å². The molecule has 0 bridgehead atoms. The molecule has 0 unspecified atom stereocenters. The number of rotatable bonds is 4. The molecule has 0 atom stereocenters. The van der Waals surface area contributed by atoms with Crippen LogP contribution in [0.5, 0.6) is 0 Å². The zero-order valence-corrected chi connectivity index (χ0v) is 16.1. The minimum absolute atomic E-state index is 0.112. The molecule has 1 saturated heterocycles. The highest BCUT2D eigenvalue weighted by Crippen LogP contribution is 2.27. The summed E-state index contributed by atoms with van der Waals surface area (Å²) in [4.78, 5) is 23.4. The number of hydrogen-bond acceptors (Lipinski definition) is 6. The van der Waals surface area contributed by atoms with Crippen LogP contribution in [0.4, 0.5) is 0 Å². The molecule has 3 aromatic rings. The maximum absolute atomic E-state index is 12.9. The third-order valence-electron chi connectivity index (χ3n) is 4.67. The summed E-state index contributed by atoms with van der Waals surface area (Å²) in [5.41, 5.74) is 1.86. The van der Waals surface area contributed by atoms with Crippen LogP contribution in [0, 0.1) is 6.92 Å². The highest BCUT2D eigenvalue weighted by Gasteiger charge is 2.22. The van der Waals surface area contributed by atoms with E-state index in [1.807, 2.05) is 48.2 Å². The fourth-order valence-corrected chi connectivity index (χ4v) is 4.26. The van der Waals surface area contributed by atoms with Crippen molar-refractivity contribution < 1.29 is 9.32 Å². The number of amides is 1. The standard InChI is InChI=1S/C20H22N4O2S/c1-15-13-16(22-26-15)14-23-9-4-10-24(12-11-23)20(25)19-7-6-18(27-19)17-5-2-3-8-21-17/h2-3,5-8,13H,4,9-12,14H2,1H3. The normalized spacial score (nSPS) is 15.7. The van der Waals surface area contributed by atoms with E-state index in [9.17, 15) is 4.79 Å². The maximum atomic E-state index is 12.9. The van der Waals surface area contributed by atoms with Gasteiger partial charge in [-0.1, -0.05) is 11.2 Å². The van der Waals surface area contributed by atoms with Gasteiger partial charge in [-0.15, -0.1) is 11.3 Å². The monoisotopic (exact) mass is 382 g/mol. The van der Waals surface area contributed by atoms with E-state index in [4.69, 9.17) is 4.52 Å². The molecule has 1 aliphatic heterocycles. The molecule has 140 valence electrons. The van der Waals surface area contributed by atoms with Crippen molar-refractivity contribution in [3.63, 3.8) is 0 Å². The van der Waals surface area contributed by atoms with E-state index in [1.54, 1.807) is 6.20 Å². The first kappa shape index (κ1) is 17.9. The minimum atomic E-state index is 0.112. The van der Waals surface area contributed by atoms with Gasteiger partial charge in [-0.05, 0) is 37.6 Å². The lowest BCUT2D eigenvalue weighted by Crippen LogP contribution is -2.34. The SMILES string of the molecule is Cc1cc(CN2CCCN(C(=O)c3ccc(-c4ccccn4)s3)CC2)no1. The lowest BCUT2D eigenvalue weighted by Gasteiger charge is -2.20. The van der Waals surface area contributed by atoms with E-state index in [1.165, 1.54) is 11.3 Å². The average molecular weight is 382 g/mol. The Morgan fingerprint density at radius 3 is 2.89 bits per heavy atom. The fraction of sp³-hybridized carbons (Fsp3) is 0.350. The molecule has 0 spiro atoms. The largest absolute Gasteiger partial charge is 0.361 e. The second-order valence-corrected chi connectivity index (χ2v) is 7.81. The molecule has 27 heavy (non-hydrogen) atoms. The summed E-state index contributed by atoms with van der Waals surface area (Å²) in [6, 6.07) is 11.7. The Kier molecular flexibility index (Phi) is 5.31. The number of aryl methyl sites for hydroxylation is 1. The lowest BCUT2D eigenvalue weighted by atomic mass is 10.3. The Bertz CT molecular complexity index is 906. The predicted octanol–water partition coefficient (Wildman–Crippen LogP) is 3.45.